The molecular formula is C32H33NO8. The largest absolute Gasteiger partial charge is 0.507 e. The molecule has 0 spiro atoms. The minimum atomic E-state index is -0.837. The standard InChI is InChI=1S/C32H33NO8/c1-38-26-18-28(40-3)27(39-2)14-20(26)21(15-29(37)33-12-8-5-9-13-33)30-22(34)16-23(35)31-24(36)17-25(41-32(30)31)19-10-6-4-7-11-19/h4,6-7,10-11,14,16-18,21,34-35H,5,8-9,12-13,15H2,1-3H3/t21-/m0/s1. The van der Waals surface area contributed by atoms with Crippen molar-refractivity contribution >= 4 is 16.9 Å². The van der Waals surface area contributed by atoms with E-state index in [1.807, 2.05) is 23.1 Å². The van der Waals surface area contributed by atoms with Crippen molar-refractivity contribution in [2.75, 3.05) is 34.4 Å². The zero-order valence-corrected chi connectivity index (χ0v) is 23.3. The van der Waals surface area contributed by atoms with Crippen LogP contribution in [0.5, 0.6) is 28.7 Å². The number of benzene rings is 3. The Morgan fingerprint density at radius 3 is 2.20 bits per heavy atom. The van der Waals surface area contributed by atoms with Crippen molar-refractivity contribution in [3.63, 3.8) is 0 Å². The highest BCUT2D eigenvalue weighted by atomic mass is 16.5. The second kappa shape index (κ2) is 11.8. The molecule has 0 bridgehead atoms. The number of rotatable bonds is 8. The van der Waals surface area contributed by atoms with Gasteiger partial charge in [-0.25, -0.2) is 0 Å². The van der Waals surface area contributed by atoms with Crippen molar-refractivity contribution in [1.29, 1.82) is 0 Å². The number of amides is 1. The number of methoxy groups -OCH3 is 3. The molecule has 0 aliphatic carbocycles. The first-order valence-electron chi connectivity index (χ1n) is 13.5. The summed E-state index contributed by atoms with van der Waals surface area (Å²) in [6.45, 7) is 1.29. The molecule has 0 saturated carbocycles. The fourth-order valence-electron chi connectivity index (χ4n) is 5.54. The van der Waals surface area contributed by atoms with Crippen LogP contribution in [0, 0.1) is 0 Å². The summed E-state index contributed by atoms with van der Waals surface area (Å²) in [5, 5.41) is 22.0. The van der Waals surface area contributed by atoms with Crippen LogP contribution in [0.1, 0.15) is 42.7 Å². The third-order valence-corrected chi connectivity index (χ3v) is 7.60. The lowest BCUT2D eigenvalue weighted by Crippen LogP contribution is -2.36. The maximum absolute atomic E-state index is 13.7. The Bertz CT molecular complexity index is 1620. The predicted molar refractivity (Wildman–Crippen MR) is 154 cm³/mol. The van der Waals surface area contributed by atoms with Gasteiger partial charge in [0.2, 0.25) is 5.91 Å². The van der Waals surface area contributed by atoms with Crippen LogP contribution in [0.25, 0.3) is 22.3 Å². The van der Waals surface area contributed by atoms with Crippen LogP contribution in [0.2, 0.25) is 0 Å². The maximum atomic E-state index is 13.7. The zero-order valence-electron chi connectivity index (χ0n) is 23.3. The van der Waals surface area contributed by atoms with Gasteiger partial charge >= 0.3 is 0 Å². The minimum Gasteiger partial charge on any atom is -0.507 e. The van der Waals surface area contributed by atoms with Crippen molar-refractivity contribution in [1.82, 2.24) is 4.90 Å². The van der Waals surface area contributed by atoms with E-state index in [2.05, 4.69) is 0 Å². The molecule has 41 heavy (non-hydrogen) atoms. The van der Waals surface area contributed by atoms with Gasteiger partial charge in [-0.1, -0.05) is 30.3 Å². The van der Waals surface area contributed by atoms with Gasteiger partial charge in [0.05, 0.1) is 21.3 Å². The molecule has 2 heterocycles. The van der Waals surface area contributed by atoms with E-state index in [0.717, 1.165) is 25.3 Å². The van der Waals surface area contributed by atoms with Crippen LogP contribution in [0.4, 0.5) is 0 Å². The highest BCUT2D eigenvalue weighted by molar-refractivity contribution is 5.91. The summed E-state index contributed by atoms with van der Waals surface area (Å²) in [6.07, 6.45) is 2.84. The number of likely N-dealkylation sites (tertiary alicyclic amines) is 1. The summed E-state index contributed by atoms with van der Waals surface area (Å²) in [5.41, 5.74) is 0.852. The van der Waals surface area contributed by atoms with Crippen molar-refractivity contribution in [3.8, 4) is 40.1 Å². The highest BCUT2D eigenvalue weighted by Crippen LogP contribution is 2.47. The van der Waals surface area contributed by atoms with Crippen LogP contribution >= 0.6 is 0 Å². The molecule has 1 atom stereocenters. The number of hydrogen-bond acceptors (Lipinski definition) is 8. The second-order valence-electron chi connectivity index (χ2n) is 10.0. The lowest BCUT2D eigenvalue weighted by Gasteiger charge is -2.30. The summed E-state index contributed by atoms with van der Waals surface area (Å²) in [4.78, 5) is 28.9. The van der Waals surface area contributed by atoms with Gasteiger partial charge in [0, 0.05) is 60.3 Å². The molecule has 1 aromatic heterocycles. The number of phenols is 2. The third kappa shape index (κ3) is 5.39. The molecule has 4 aromatic rings. The van der Waals surface area contributed by atoms with Crippen LogP contribution in [0.3, 0.4) is 0 Å². The van der Waals surface area contributed by atoms with Crippen molar-refractivity contribution in [2.45, 2.75) is 31.6 Å². The summed E-state index contributed by atoms with van der Waals surface area (Å²) < 4.78 is 23.0. The topological polar surface area (TPSA) is 119 Å². The Labute approximate surface area is 237 Å². The molecule has 0 unspecified atom stereocenters. The van der Waals surface area contributed by atoms with Gasteiger partial charge in [0.15, 0.2) is 16.9 Å². The first kappa shape index (κ1) is 27.9. The number of ether oxygens (including phenoxy) is 3. The SMILES string of the molecule is COc1cc(OC)c([C@H](CC(=O)N2CCCCC2)c2c(O)cc(O)c3c(=O)cc(-c4ccccc4)oc23)cc1OC. The van der Waals surface area contributed by atoms with E-state index in [-0.39, 0.29) is 40.4 Å². The molecule has 214 valence electrons. The fraction of sp³-hybridized carbons (Fsp3) is 0.312. The van der Waals surface area contributed by atoms with Crippen molar-refractivity contribution in [3.05, 3.63) is 75.9 Å². The minimum absolute atomic E-state index is 0.0119. The zero-order chi connectivity index (χ0) is 29.1. The maximum Gasteiger partial charge on any atom is 0.223 e. The van der Waals surface area contributed by atoms with E-state index < -0.39 is 17.1 Å². The average Bonchev–Trinajstić information content (AvgIpc) is 3.00. The van der Waals surface area contributed by atoms with Crippen LogP contribution in [-0.4, -0.2) is 55.4 Å². The lowest BCUT2D eigenvalue weighted by molar-refractivity contribution is -0.132. The van der Waals surface area contributed by atoms with Gasteiger partial charge in [0.1, 0.15) is 34.0 Å². The van der Waals surface area contributed by atoms with E-state index in [9.17, 15) is 19.8 Å². The Morgan fingerprint density at radius 1 is 0.878 bits per heavy atom. The number of fused-ring (bicyclic) bond motifs is 1. The number of nitrogens with zero attached hydrogens (tertiary/aromatic N) is 1. The van der Waals surface area contributed by atoms with Crippen LogP contribution in [0.15, 0.2) is 63.8 Å². The lowest BCUT2D eigenvalue weighted by atomic mass is 9.85. The molecule has 9 nitrogen and oxygen atoms in total. The molecular weight excluding hydrogens is 526 g/mol. The first-order valence-corrected chi connectivity index (χ1v) is 13.5. The Balaban J connectivity index is 1.79. The number of carbonyl (C=O) groups is 1. The van der Waals surface area contributed by atoms with Crippen LogP contribution < -0.4 is 19.6 Å². The molecule has 3 aromatic carbocycles. The van der Waals surface area contributed by atoms with E-state index >= 15 is 0 Å². The number of hydrogen-bond donors (Lipinski definition) is 2. The quantitative estimate of drug-likeness (QED) is 0.293. The van der Waals surface area contributed by atoms with Crippen molar-refractivity contribution in [2.24, 2.45) is 0 Å². The van der Waals surface area contributed by atoms with Gasteiger partial charge in [-0.15, -0.1) is 0 Å². The summed E-state index contributed by atoms with van der Waals surface area (Å²) in [7, 11) is 4.50. The number of piperidine rings is 1. The normalized spacial score (nSPS) is 14.1. The molecule has 1 saturated heterocycles. The highest BCUT2D eigenvalue weighted by Gasteiger charge is 2.32. The number of aromatic hydroxyl groups is 2. The Kier molecular flexibility index (Phi) is 8.05. The Morgan fingerprint density at radius 2 is 1.54 bits per heavy atom. The summed E-state index contributed by atoms with van der Waals surface area (Å²) >= 11 is 0. The molecule has 1 aliphatic heterocycles. The Hall–Kier alpha value is -4.66. The number of phenolic OH excluding ortho intramolecular Hbond substituents is 2. The molecule has 0 radical (unpaired) electrons. The fourth-order valence-corrected chi connectivity index (χ4v) is 5.54. The van der Waals surface area contributed by atoms with E-state index in [0.29, 0.717) is 41.5 Å². The molecule has 1 fully saturated rings. The molecule has 1 aliphatic rings. The van der Waals surface area contributed by atoms with Gasteiger partial charge in [0.25, 0.3) is 0 Å². The van der Waals surface area contributed by atoms with E-state index in [1.54, 1.807) is 24.3 Å². The monoisotopic (exact) mass is 559 g/mol. The average molecular weight is 560 g/mol. The van der Waals surface area contributed by atoms with Crippen LogP contribution in [-0.2, 0) is 4.79 Å². The van der Waals surface area contributed by atoms with Gasteiger partial charge < -0.3 is 33.7 Å². The summed E-state index contributed by atoms with van der Waals surface area (Å²) in [6, 6.07) is 14.8. The summed E-state index contributed by atoms with van der Waals surface area (Å²) in [5.74, 6) is -0.229. The van der Waals surface area contributed by atoms with E-state index in [4.69, 9.17) is 18.6 Å². The second-order valence-corrected chi connectivity index (χ2v) is 10.0. The van der Waals surface area contributed by atoms with Gasteiger partial charge in [-0.05, 0) is 25.3 Å². The van der Waals surface area contributed by atoms with Gasteiger partial charge in [-0.2, -0.15) is 0 Å². The van der Waals surface area contributed by atoms with Gasteiger partial charge in [-0.3, -0.25) is 9.59 Å². The van der Waals surface area contributed by atoms with Crippen molar-refractivity contribution < 1.29 is 33.6 Å². The molecule has 2 N–H and O–H groups in total. The molecule has 9 heteroatoms. The molecule has 1 amide bonds. The third-order valence-electron chi connectivity index (χ3n) is 7.60. The first-order chi connectivity index (χ1) is 19.9. The predicted octanol–water partition coefficient (Wildman–Crippen LogP) is 5.43. The van der Waals surface area contributed by atoms with E-state index in [1.165, 1.54) is 27.4 Å². The molecule has 5 rings (SSSR count). The smallest absolute Gasteiger partial charge is 0.223 e. The number of carbonyl (C=O) groups excluding carboxylic acids is 1.